The van der Waals surface area contributed by atoms with E-state index in [-0.39, 0.29) is 5.41 Å². The first-order valence-electron chi connectivity index (χ1n) is 10.8. The number of carbonyl (C=O) groups is 1. The first-order chi connectivity index (χ1) is 16.0. The lowest BCUT2D eigenvalue weighted by Gasteiger charge is -2.17. The molecule has 2 N–H and O–H groups in total. The number of amides is 1. The van der Waals surface area contributed by atoms with Crippen LogP contribution in [0.2, 0.25) is 5.02 Å². The number of halogens is 1. The van der Waals surface area contributed by atoms with Crippen molar-refractivity contribution >= 4 is 34.2 Å². The Bertz CT molecular complexity index is 1590. The van der Waals surface area contributed by atoms with Crippen molar-refractivity contribution in [3.63, 3.8) is 0 Å². The molecule has 2 aromatic carbocycles. The second kappa shape index (κ2) is 7.12. The summed E-state index contributed by atoms with van der Waals surface area (Å²) in [6, 6.07) is 14.1. The first-order valence-corrected chi connectivity index (χ1v) is 11.1. The molecule has 7 heteroatoms. The smallest absolute Gasteiger partial charge is 0.250 e. The Balaban J connectivity index is 1.48. The van der Waals surface area contributed by atoms with Crippen LogP contribution in [-0.2, 0) is 5.41 Å². The minimum absolute atomic E-state index is 0.0910. The number of carbonyl (C=O) groups excluding carboxylic acids is 1. The van der Waals surface area contributed by atoms with Crippen LogP contribution in [0.25, 0.3) is 27.8 Å². The van der Waals surface area contributed by atoms with E-state index in [0.29, 0.717) is 16.4 Å². The Hall–Kier alpha value is -3.77. The van der Waals surface area contributed by atoms with E-state index in [2.05, 4.69) is 49.8 Å². The van der Waals surface area contributed by atoms with Crippen LogP contribution in [0, 0.1) is 6.92 Å². The zero-order valence-electron chi connectivity index (χ0n) is 17.9. The second-order valence-corrected chi connectivity index (χ2v) is 8.99. The molecule has 1 aliphatic rings. The molecule has 3 aromatic heterocycles. The molecule has 0 bridgehead atoms. The number of fused-ring (bicyclic) bond motifs is 2. The van der Waals surface area contributed by atoms with Gasteiger partial charge in [-0.05, 0) is 60.7 Å². The summed E-state index contributed by atoms with van der Waals surface area (Å²) in [6.07, 6.45) is 9.69. The predicted molar refractivity (Wildman–Crippen MR) is 128 cm³/mol. The average molecular weight is 454 g/mol. The fourth-order valence-corrected chi connectivity index (χ4v) is 5.00. The lowest BCUT2D eigenvalue weighted by Crippen LogP contribution is -2.13. The third-order valence-electron chi connectivity index (χ3n) is 6.72. The van der Waals surface area contributed by atoms with Crippen molar-refractivity contribution in [2.45, 2.75) is 25.2 Å². The molecule has 6 nitrogen and oxygen atoms in total. The van der Waals surface area contributed by atoms with Gasteiger partial charge in [0.05, 0.1) is 28.0 Å². The molecule has 0 aliphatic heterocycles. The second-order valence-electron chi connectivity index (χ2n) is 8.61. The molecular weight excluding hydrogens is 434 g/mol. The number of aromatic nitrogens is 4. The van der Waals surface area contributed by atoms with E-state index in [0.717, 1.165) is 46.1 Å². The summed E-state index contributed by atoms with van der Waals surface area (Å²) >= 11 is 6.44. The normalized spacial score (nSPS) is 14.6. The van der Waals surface area contributed by atoms with Gasteiger partial charge in [-0.25, -0.2) is 9.97 Å². The molecule has 162 valence electrons. The van der Waals surface area contributed by atoms with Crippen LogP contribution in [0.1, 0.15) is 40.0 Å². The fourth-order valence-electron chi connectivity index (χ4n) is 4.75. The summed E-state index contributed by atoms with van der Waals surface area (Å²) in [5, 5.41) is 1.50. The molecule has 1 amide bonds. The standard InChI is InChI=1S/C26H20ClN5O/c1-15-19(5-6-20(23(15)27)24(28)33)17-12-30-25-31-13-22(32(25)14-17)26(8-9-26)18-4-7-21-16(11-18)3-2-10-29-21/h2-7,10-14H,8-9H2,1H3,(H2,28,33). The zero-order valence-corrected chi connectivity index (χ0v) is 18.7. The minimum Gasteiger partial charge on any atom is -0.366 e. The van der Waals surface area contributed by atoms with E-state index >= 15 is 0 Å². The molecule has 0 radical (unpaired) electrons. The van der Waals surface area contributed by atoms with Gasteiger partial charge in [-0.1, -0.05) is 29.8 Å². The quantitative estimate of drug-likeness (QED) is 0.411. The largest absolute Gasteiger partial charge is 0.366 e. The number of pyridine rings is 1. The third-order valence-corrected chi connectivity index (χ3v) is 7.21. The molecule has 0 unspecified atom stereocenters. The Labute approximate surface area is 195 Å². The first kappa shape index (κ1) is 19.9. The molecule has 0 spiro atoms. The van der Waals surface area contributed by atoms with Crippen molar-refractivity contribution in [1.82, 2.24) is 19.4 Å². The molecule has 1 fully saturated rings. The van der Waals surface area contributed by atoms with Crippen LogP contribution < -0.4 is 5.73 Å². The predicted octanol–water partition coefficient (Wildman–Crippen LogP) is 5.09. The van der Waals surface area contributed by atoms with Gasteiger partial charge >= 0.3 is 0 Å². The Morgan fingerprint density at radius 2 is 1.91 bits per heavy atom. The minimum atomic E-state index is -0.540. The number of hydrogen-bond donors (Lipinski definition) is 1. The van der Waals surface area contributed by atoms with Gasteiger partial charge in [-0.2, -0.15) is 0 Å². The molecule has 1 aliphatic carbocycles. The molecule has 1 saturated carbocycles. The monoisotopic (exact) mass is 453 g/mol. The zero-order chi connectivity index (χ0) is 22.7. The highest BCUT2D eigenvalue weighted by Gasteiger charge is 2.48. The van der Waals surface area contributed by atoms with Crippen LogP contribution in [0.5, 0.6) is 0 Å². The maximum absolute atomic E-state index is 11.6. The topological polar surface area (TPSA) is 86.2 Å². The molecular formula is C26H20ClN5O. The molecule has 5 aromatic rings. The highest BCUT2D eigenvalue weighted by atomic mass is 35.5. The third kappa shape index (κ3) is 3.02. The summed E-state index contributed by atoms with van der Waals surface area (Å²) in [6.45, 7) is 1.88. The summed E-state index contributed by atoms with van der Waals surface area (Å²) in [7, 11) is 0. The van der Waals surface area contributed by atoms with Crippen LogP contribution in [0.3, 0.4) is 0 Å². The van der Waals surface area contributed by atoms with Crippen molar-refractivity contribution in [2.24, 2.45) is 5.73 Å². The van der Waals surface area contributed by atoms with E-state index in [4.69, 9.17) is 17.3 Å². The van der Waals surface area contributed by atoms with Crippen molar-refractivity contribution in [1.29, 1.82) is 0 Å². The van der Waals surface area contributed by atoms with E-state index in [9.17, 15) is 4.79 Å². The maximum Gasteiger partial charge on any atom is 0.250 e. The molecule has 6 rings (SSSR count). The fraction of sp³-hybridized carbons (Fsp3) is 0.154. The van der Waals surface area contributed by atoms with Crippen molar-refractivity contribution in [2.75, 3.05) is 0 Å². The number of rotatable bonds is 4. The van der Waals surface area contributed by atoms with Gasteiger partial charge in [-0.3, -0.25) is 14.2 Å². The van der Waals surface area contributed by atoms with Crippen LogP contribution in [0.15, 0.2) is 67.3 Å². The Morgan fingerprint density at radius 1 is 1.09 bits per heavy atom. The highest BCUT2D eigenvalue weighted by molar-refractivity contribution is 6.35. The number of nitrogens with two attached hydrogens (primary N) is 1. The van der Waals surface area contributed by atoms with Crippen LogP contribution >= 0.6 is 11.6 Å². The number of nitrogens with zero attached hydrogens (tertiary/aromatic N) is 4. The van der Waals surface area contributed by atoms with Crippen molar-refractivity contribution < 1.29 is 4.79 Å². The van der Waals surface area contributed by atoms with E-state index in [1.54, 1.807) is 12.3 Å². The SMILES string of the molecule is Cc1c(-c2cnc3ncc(C4(c5ccc6ncccc6c5)CC4)n3c2)ccc(C(N)=O)c1Cl. The number of imidazole rings is 1. The van der Waals surface area contributed by atoms with E-state index < -0.39 is 5.91 Å². The summed E-state index contributed by atoms with van der Waals surface area (Å²) in [5.74, 6) is 0.112. The highest BCUT2D eigenvalue weighted by Crippen LogP contribution is 2.53. The lowest BCUT2D eigenvalue weighted by atomic mass is 9.91. The van der Waals surface area contributed by atoms with Gasteiger partial charge in [0.2, 0.25) is 11.7 Å². The Kier molecular flexibility index (Phi) is 4.29. The molecule has 0 atom stereocenters. The summed E-state index contributed by atoms with van der Waals surface area (Å²) in [5.41, 5.74) is 11.6. The van der Waals surface area contributed by atoms with Gasteiger partial charge in [-0.15, -0.1) is 0 Å². The molecule has 3 heterocycles. The lowest BCUT2D eigenvalue weighted by molar-refractivity contribution is 0.100. The number of primary amides is 1. The van der Waals surface area contributed by atoms with Gasteiger partial charge in [0, 0.05) is 35.0 Å². The van der Waals surface area contributed by atoms with Gasteiger partial charge < -0.3 is 5.73 Å². The number of benzene rings is 2. The van der Waals surface area contributed by atoms with Gasteiger partial charge in [0.15, 0.2) is 0 Å². The summed E-state index contributed by atoms with van der Waals surface area (Å²) in [4.78, 5) is 25.3. The van der Waals surface area contributed by atoms with Crippen molar-refractivity contribution in [3.8, 4) is 11.1 Å². The van der Waals surface area contributed by atoms with Crippen LogP contribution in [-0.4, -0.2) is 25.3 Å². The van der Waals surface area contributed by atoms with Gasteiger partial charge in [0.25, 0.3) is 0 Å². The Morgan fingerprint density at radius 3 is 2.70 bits per heavy atom. The average Bonchev–Trinajstić information content (AvgIpc) is 3.52. The van der Waals surface area contributed by atoms with E-state index in [1.807, 2.05) is 31.5 Å². The maximum atomic E-state index is 11.6. The van der Waals surface area contributed by atoms with Gasteiger partial charge in [0.1, 0.15) is 0 Å². The van der Waals surface area contributed by atoms with Crippen molar-refractivity contribution in [3.05, 3.63) is 94.7 Å². The van der Waals surface area contributed by atoms with E-state index in [1.165, 1.54) is 5.56 Å². The van der Waals surface area contributed by atoms with Crippen LogP contribution in [0.4, 0.5) is 0 Å². The molecule has 33 heavy (non-hydrogen) atoms. The number of hydrogen-bond acceptors (Lipinski definition) is 4. The summed E-state index contributed by atoms with van der Waals surface area (Å²) < 4.78 is 2.07. The molecule has 0 saturated heterocycles.